The zero-order valence-electron chi connectivity index (χ0n) is 6.73. The molecule has 0 aliphatic heterocycles. The van der Waals surface area contributed by atoms with E-state index < -0.39 is 11.9 Å². The Bertz CT molecular complexity index is 407. The lowest BCUT2D eigenvalue weighted by molar-refractivity contribution is -0.133. The summed E-state index contributed by atoms with van der Waals surface area (Å²) in [6, 6.07) is 2.98. The lowest BCUT2D eigenvalue weighted by Crippen LogP contribution is -2.01. The molecule has 0 radical (unpaired) electrons. The van der Waals surface area contributed by atoms with E-state index in [1.165, 1.54) is 12.1 Å². The highest BCUT2D eigenvalue weighted by molar-refractivity contribution is 7.17. The van der Waals surface area contributed by atoms with Crippen LogP contribution in [0.1, 0.15) is 4.88 Å². The van der Waals surface area contributed by atoms with E-state index in [9.17, 15) is 9.59 Å². The first-order valence-electron chi connectivity index (χ1n) is 3.44. The van der Waals surface area contributed by atoms with Crippen LogP contribution < -0.4 is 0 Å². The van der Waals surface area contributed by atoms with Crippen molar-refractivity contribution in [2.45, 2.75) is 0 Å². The molecule has 0 fully saturated rings. The summed E-state index contributed by atoms with van der Waals surface area (Å²) in [4.78, 5) is 21.3. The van der Waals surface area contributed by atoms with Gasteiger partial charge in [-0.05, 0) is 12.1 Å². The van der Waals surface area contributed by atoms with Crippen LogP contribution in [0.5, 0.6) is 0 Å². The summed E-state index contributed by atoms with van der Waals surface area (Å²) in [7, 11) is 0. The minimum atomic E-state index is -1.30. The third-order valence-corrected chi connectivity index (χ3v) is 2.60. The van der Waals surface area contributed by atoms with Crippen LogP contribution in [0, 0.1) is 0 Å². The van der Waals surface area contributed by atoms with Crippen molar-refractivity contribution >= 4 is 40.4 Å². The third kappa shape index (κ3) is 2.58. The molecule has 0 spiro atoms. The van der Waals surface area contributed by atoms with Gasteiger partial charge in [0.25, 0.3) is 0 Å². The first-order chi connectivity index (χ1) is 6.50. The third-order valence-electron chi connectivity index (χ3n) is 1.34. The van der Waals surface area contributed by atoms with Gasteiger partial charge in [0.15, 0.2) is 0 Å². The number of hydrogen-bond acceptors (Lipinski definition) is 3. The van der Waals surface area contributed by atoms with Crippen LogP contribution in [0.3, 0.4) is 0 Å². The first kappa shape index (κ1) is 10.7. The van der Waals surface area contributed by atoms with Crippen LogP contribution in [0.4, 0.5) is 0 Å². The summed E-state index contributed by atoms with van der Waals surface area (Å²) in [5, 5.41) is 17.1. The van der Waals surface area contributed by atoms with Crippen LogP contribution in [0.15, 0.2) is 18.2 Å². The second kappa shape index (κ2) is 4.26. The maximum absolute atomic E-state index is 10.7. The maximum Gasteiger partial charge on any atom is 0.337 e. The highest BCUT2D eigenvalue weighted by Crippen LogP contribution is 2.27. The van der Waals surface area contributed by atoms with Crippen molar-refractivity contribution in [3.63, 3.8) is 0 Å². The minimum absolute atomic E-state index is 0.269. The number of carbonyl (C=O) groups is 2. The Morgan fingerprint density at radius 3 is 2.36 bits per heavy atom. The molecule has 1 aromatic heterocycles. The number of aliphatic carboxylic acids is 2. The molecule has 0 bridgehead atoms. The molecule has 4 nitrogen and oxygen atoms in total. The molecule has 14 heavy (non-hydrogen) atoms. The largest absolute Gasteiger partial charge is 0.478 e. The molecule has 6 heteroatoms. The summed E-state index contributed by atoms with van der Waals surface area (Å²) in [6.45, 7) is 0. The molecule has 1 aromatic rings. The van der Waals surface area contributed by atoms with E-state index in [2.05, 4.69) is 0 Å². The second-order valence-electron chi connectivity index (χ2n) is 2.31. The normalized spacial score (nSPS) is 11.4. The molecule has 74 valence electrons. The predicted molar refractivity (Wildman–Crippen MR) is 52.6 cm³/mol. The highest BCUT2D eigenvalue weighted by Gasteiger charge is 2.14. The summed E-state index contributed by atoms with van der Waals surface area (Å²) in [6.07, 6.45) is 0.643. The predicted octanol–water partition coefficient (Wildman–Crippen LogP) is 1.95. The Kier molecular flexibility index (Phi) is 3.27. The second-order valence-corrected chi connectivity index (χ2v) is 4.02. The molecule has 0 aliphatic carbocycles. The quantitative estimate of drug-likeness (QED) is 0.782. The van der Waals surface area contributed by atoms with Crippen molar-refractivity contribution in [2.75, 3.05) is 0 Å². The van der Waals surface area contributed by atoms with Crippen LogP contribution in [-0.2, 0) is 9.59 Å². The topological polar surface area (TPSA) is 74.6 Å². The number of rotatable bonds is 3. The van der Waals surface area contributed by atoms with E-state index in [-0.39, 0.29) is 5.57 Å². The van der Waals surface area contributed by atoms with Crippen LogP contribution in [-0.4, -0.2) is 22.2 Å². The number of halogens is 1. The van der Waals surface area contributed by atoms with Gasteiger partial charge in [-0.2, -0.15) is 0 Å². The highest BCUT2D eigenvalue weighted by atomic mass is 35.5. The SMILES string of the molecule is O=C(O)/C=C(\C(=O)O)c1ccc(Cl)s1. The number of carboxylic acids is 2. The van der Waals surface area contributed by atoms with Gasteiger partial charge in [0.2, 0.25) is 0 Å². The molecule has 0 unspecified atom stereocenters. The summed E-state index contributed by atoms with van der Waals surface area (Å²) < 4.78 is 0.414. The molecular weight excluding hydrogens is 228 g/mol. The van der Waals surface area contributed by atoms with Crippen LogP contribution in [0.25, 0.3) is 5.57 Å². The van der Waals surface area contributed by atoms with E-state index in [0.717, 1.165) is 11.3 Å². The zero-order valence-corrected chi connectivity index (χ0v) is 8.30. The first-order valence-corrected chi connectivity index (χ1v) is 4.64. The average molecular weight is 233 g/mol. The van der Waals surface area contributed by atoms with E-state index in [1.54, 1.807) is 0 Å². The number of carboxylic acid groups (broad SMARTS) is 2. The fourth-order valence-corrected chi connectivity index (χ4v) is 1.87. The monoisotopic (exact) mass is 232 g/mol. The van der Waals surface area contributed by atoms with Crippen molar-refractivity contribution < 1.29 is 19.8 Å². The lowest BCUT2D eigenvalue weighted by Gasteiger charge is -1.95. The average Bonchev–Trinajstić information content (AvgIpc) is 2.46. The Morgan fingerprint density at radius 2 is 2.00 bits per heavy atom. The van der Waals surface area contributed by atoms with Crippen LogP contribution in [0.2, 0.25) is 4.34 Å². The summed E-state index contributed by atoms with van der Waals surface area (Å²) in [5.74, 6) is -2.59. The van der Waals surface area contributed by atoms with Gasteiger partial charge in [0.1, 0.15) is 0 Å². The summed E-state index contributed by atoms with van der Waals surface area (Å²) in [5.41, 5.74) is -0.269. The van der Waals surface area contributed by atoms with E-state index in [0.29, 0.717) is 15.3 Å². The van der Waals surface area contributed by atoms with E-state index >= 15 is 0 Å². The van der Waals surface area contributed by atoms with Gasteiger partial charge in [-0.15, -0.1) is 11.3 Å². The number of thiophene rings is 1. The molecule has 0 saturated heterocycles. The minimum Gasteiger partial charge on any atom is -0.478 e. The standard InChI is InChI=1S/C8H5ClO4S/c9-6-2-1-5(14-6)4(8(12)13)3-7(10)11/h1-3H,(H,10,11)(H,12,13)/b4-3-. The molecule has 0 saturated carbocycles. The molecule has 2 N–H and O–H groups in total. The fraction of sp³-hybridized carbons (Fsp3) is 0. The van der Waals surface area contributed by atoms with E-state index in [4.69, 9.17) is 21.8 Å². The lowest BCUT2D eigenvalue weighted by atomic mass is 10.2. The molecule has 0 aromatic carbocycles. The van der Waals surface area contributed by atoms with Crippen molar-refractivity contribution in [3.05, 3.63) is 27.4 Å². The fourth-order valence-electron chi connectivity index (χ4n) is 0.821. The summed E-state index contributed by atoms with van der Waals surface area (Å²) >= 11 is 6.62. The van der Waals surface area contributed by atoms with Gasteiger partial charge < -0.3 is 10.2 Å². The zero-order chi connectivity index (χ0) is 10.7. The van der Waals surface area contributed by atoms with Crippen molar-refractivity contribution in [2.24, 2.45) is 0 Å². The van der Waals surface area contributed by atoms with Gasteiger partial charge in [0.05, 0.1) is 9.91 Å². The molecule has 0 amide bonds. The smallest absolute Gasteiger partial charge is 0.337 e. The van der Waals surface area contributed by atoms with Crippen molar-refractivity contribution in [1.82, 2.24) is 0 Å². The molecule has 1 rings (SSSR count). The maximum atomic E-state index is 10.7. The Hall–Kier alpha value is -1.33. The Labute approximate surface area is 88.1 Å². The van der Waals surface area contributed by atoms with Crippen LogP contribution >= 0.6 is 22.9 Å². The van der Waals surface area contributed by atoms with E-state index in [1.807, 2.05) is 0 Å². The molecule has 0 aliphatic rings. The Morgan fingerprint density at radius 1 is 1.36 bits per heavy atom. The van der Waals surface area contributed by atoms with Crippen molar-refractivity contribution in [1.29, 1.82) is 0 Å². The number of hydrogen-bond donors (Lipinski definition) is 2. The molecular formula is C8H5ClO4S. The van der Waals surface area contributed by atoms with Gasteiger partial charge in [-0.25, -0.2) is 9.59 Å². The van der Waals surface area contributed by atoms with Crippen molar-refractivity contribution in [3.8, 4) is 0 Å². The molecule has 0 atom stereocenters. The molecule has 1 heterocycles. The van der Waals surface area contributed by atoms with Gasteiger partial charge in [-0.3, -0.25) is 0 Å². The van der Waals surface area contributed by atoms with Gasteiger partial charge in [0, 0.05) is 11.0 Å². The van der Waals surface area contributed by atoms with Gasteiger partial charge in [-0.1, -0.05) is 11.6 Å². The van der Waals surface area contributed by atoms with Gasteiger partial charge >= 0.3 is 11.9 Å². The Balaban J connectivity index is 3.13.